The Morgan fingerprint density at radius 3 is 2.71 bits per heavy atom. The molecule has 2 aromatic heterocycles. The molecule has 0 fully saturated rings. The number of methoxy groups -OCH3 is 1. The first-order chi connectivity index (χ1) is 11.7. The Labute approximate surface area is 144 Å². The molecule has 24 heavy (non-hydrogen) atoms. The summed E-state index contributed by atoms with van der Waals surface area (Å²) in [4.78, 5) is 4.45. The zero-order chi connectivity index (χ0) is 16.5. The van der Waals surface area contributed by atoms with Crippen LogP contribution >= 0.6 is 11.3 Å². The number of nitrogens with two attached hydrogens (primary N) is 1. The van der Waals surface area contributed by atoms with Gasteiger partial charge in [-0.3, -0.25) is 0 Å². The highest BCUT2D eigenvalue weighted by molar-refractivity contribution is 7.13. The van der Waals surface area contributed by atoms with Crippen LogP contribution in [-0.2, 0) is 6.54 Å². The van der Waals surface area contributed by atoms with Gasteiger partial charge in [-0.25, -0.2) is 4.98 Å². The average molecular weight is 335 g/mol. The lowest BCUT2D eigenvalue weighted by Crippen LogP contribution is -1.97. The molecular weight excluding hydrogens is 318 g/mol. The lowest BCUT2D eigenvalue weighted by molar-refractivity contribution is 0.415. The average Bonchev–Trinajstić information content (AvgIpc) is 3.19. The molecule has 4 nitrogen and oxygen atoms in total. The smallest absolute Gasteiger partial charge is 0.180 e. The van der Waals surface area contributed by atoms with Crippen molar-refractivity contribution >= 4 is 27.4 Å². The van der Waals surface area contributed by atoms with Gasteiger partial charge in [0.05, 0.1) is 18.3 Å². The third kappa shape index (κ3) is 2.63. The number of thiazole rings is 1. The van der Waals surface area contributed by atoms with Crippen LogP contribution in [0.4, 0.5) is 5.13 Å². The maximum Gasteiger partial charge on any atom is 0.180 e. The molecule has 0 atom stereocenters. The van der Waals surface area contributed by atoms with E-state index >= 15 is 0 Å². The fourth-order valence-corrected chi connectivity index (χ4v) is 3.49. The van der Waals surface area contributed by atoms with Crippen molar-refractivity contribution in [2.75, 3.05) is 12.8 Å². The number of anilines is 1. The van der Waals surface area contributed by atoms with Crippen LogP contribution in [-0.4, -0.2) is 16.7 Å². The van der Waals surface area contributed by atoms with Crippen LogP contribution in [0, 0.1) is 0 Å². The summed E-state index contributed by atoms with van der Waals surface area (Å²) in [6.45, 7) is 0.796. The molecule has 4 rings (SSSR count). The van der Waals surface area contributed by atoms with Gasteiger partial charge in [-0.15, -0.1) is 11.3 Å². The minimum Gasteiger partial charge on any atom is -0.497 e. The molecule has 2 heterocycles. The fraction of sp³-hybridized carbons (Fsp3) is 0.105. The second kappa shape index (κ2) is 6.02. The van der Waals surface area contributed by atoms with Gasteiger partial charge in [-0.1, -0.05) is 30.3 Å². The highest BCUT2D eigenvalue weighted by Gasteiger charge is 2.14. The van der Waals surface area contributed by atoms with Crippen LogP contribution in [0.5, 0.6) is 5.75 Å². The van der Waals surface area contributed by atoms with E-state index in [4.69, 9.17) is 10.5 Å². The quantitative estimate of drug-likeness (QED) is 0.601. The first kappa shape index (κ1) is 14.8. The summed E-state index contributed by atoms with van der Waals surface area (Å²) in [5.74, 6) is 0.847. The molecule has 0 aliphatic heterocycles. The summed E-state index contributed by atoms with van der Waals surface area (Å²) in [6, 6.07) is 16.5. The Bertz CT molecular complexity index is 988. The van der Waals surface area contributed by atoms with Crippen molar-refractivity contribution in [1.29, 1.82) is 0 Å². The molecule has 0 unspecified atom stereocenters. The van der Waals surface area contributed by atoms with E-state index in [1.807, 2.05) is 17.5 Å². The number of hydrogen-bond donors (Lipinski definition) is 1. The third-order valence-corrected chi connectivity index (χ3v) is 4.76. The third-order valence-electron chi connectivity index (χ3n) is 4.08. The van der Waals surface area contributed by atoms with Crippen LogP contribution in [0.15, 0.2) is 60.1 Å². The molecule has 0 amide bonds. The van der Waals surface area contributed by atoms with Crippen LogP contribution in [0.25, 0.3) is 22.2 Å². The number of fused-ring (bicyclic) bond motifs is 1. The molecule has 0 aliphatic rings. The molecule has 5 heteroatoms. The number of benzene rings is 2. The molecule has 0 spiro atoms. The lowest BCUT2D eigenvalue weighted by atomic mass is 10.1. The van der Waals surface area contributed by atoms with Gasteiger partial charge in [-0.2, -0.15) is 0 Å². The van der Waals surface area contributed by atoms with Gasteiger partial charge in [0.2, 0.25) is 0 Å². The van der Waals surface area contributed by atoms with E-state index in [2.05, 4.69) is 52.1 Å². The predicted molar refractivity (Wildman–Crippen MR) is 99.6 cm³/mol. The van der Waals surface area contributed by atoms with E-state index in [-0.39, 0.29) is 0 Å². The van der Waals surface area contributed by atoms with E-state index in [0.717, 1.165) is 34.5 Å². The Hall–Kier alpha value is -2.79. The monoisotopic (exact) mass is 335 g/mol. The van der Waals surface area contributed by atoms with Crippen molar-refractivity contribution in [3.8, 4) is 17.0 Å². The van der Waals surface area contributed by atoms with Crippen LogP contribution in [0.2, 0.25) is 0 Å². The number of nitrogen functional groups attached to an aromatic ring is 1. The van der Waals surface area contributed by atoms with E-state index in [9.17, 15) is 0 Å². The summed E-state index contributed by atoms with van der Waals surface area (Å²) in [5, 5.41) is 3.74. The van der Waals surface area contributed by atoms with Gasteiger partial charge >= 0.3 is 0 Å². The van der Waals surface area contributed by atoms with E-state index in [1.165, 1.54) is 16.9 Å². The molecule has 2 N–H and O–H groups in total. The molecule has 2 aromatic carbocycles. The van der Waals surface area contributed by atoms with E-state index in [0.29, 0.717) is 5.13 Å². The number of rotatable bonds is 4. The van der Waals surface area contributed by atoms with Crippen molar-refractivity contribution in [2.24, 2.45) is 0 Å². The fourth-order valence-electron chi connectivity index (χ4n) is 2.93. The van der Waals surface area contributed by atoms with Gasteiger partial charge in [-0.05, 0) is 17.7 Å². The summed E-state index contributed by atoms with van der Waals surface area (Å²) in [5.41, 5.74) is 10.2. The molecule has 0 aliphatic carbocycles. The first-order valence-corrected chi connectivity index (χ1v) is 8.55. The second-order valence-electron chi connectivity index (χ2n) is 5.61. The van der Waals surface area contributed by atoms with Crippen molar-refractivity contribution < 1.29 is 4.74 Å². The van der Waals surface area contributed by atoms with Gasteiger partial charge in [0.15, 0.2) is 5.13 Å². The van der Waals surface area contributed by atoms with E-state index in [1.54, 1.807) is 7.11 Å². The molecule has 0 saturated heterocycles. The molecule has 120 valence electrons. The Kier molecular flexibility index (Phi) is 3.70. The second-order valence-corrected chi connectivity index (χ2v) is 6.50. The number of hydrogen-bond acceptors (Lipinski definition) is 4. The van der Waals surface area contributed by atoms with Gasteiger partial charge in [0.1, 0.15) is 5.75 Å². The van der Waals surface area contributed by atoms with Gasteiger partial charge in [0, 0.05) is 35.1 Å². The standard InChI is InChI=1S/C19H17N3OS/c1-23-14-7-8-15-16(17-12-24-19(20)21-17)11-22(18(15)9-14)10-13-5-3-2-4-6-13/h2-9,11-12H,10H2,1H3,(H2,20,21). The largest absolute Gasteiger partial charge is 0.497 e. The lowest BCUT2D eigenvalue weighted by Gasteiger charge is -2.06. The van der Waals surface area contributed by atoms with Crippen LogP contribution in [0.3, 0.4) is 0 Å². The zero-order valence-electron chi connectivity index (χ0n) is 13.3. The molecule has 0 radical (unpaired) electrons. The van der Waals surface area contributed by atoms with Crippen molar-refractivity contribution in [1.82, 2.24) is 9.55 Å². The maximum absolute atomic E-state index is 5.82. The molecule has 0 bridgehead atoms. The minimum atomic E-state index is 0.586. The summed E-state index contributed by atoms with van der Waals surface area (Å²) in [6.07, 6.45) is 2.14. The predicted octanol–water partition coefficient (Wildman–Crippen LogP) is 4.40. The highest BCUT2D eigenvalue weighted by atomic mass is 32.1. The number of nitrogens with zero attached hydrogens (tertiary/aromatic N) is 2. The summed E-state index contributed by atoms with van der Waals surface area (Å²) >= 11 is 1.46. The Morgan fingerprint density at radius 1 is 1.17 bits per heavy atom. The highest BCUT2D eigenvalue weighted by Crippen LogP contribution is 2.34. The van der Waals surface area contributed by atoms with Crippen molar-refractivity contribution in [3.63, 3.8) is 0 Å². The van der Waals surface area contributed by atoms with Crippen LogP contribution < -0.4 is 10.5 Å². The normalized spacial score (nSPS) is 11.0. The first-order valence-electron chi connectivity index (χ1n) is 7.67. The SMILES string of the molecule is COc1ccc2c(-c3csc(N)n3)cn(Cc3ccccc3)c2c1. The topological polar surface area (TPSA) is 53.1 Å². The van der Waals surface area contributed by atoms with Crippen molar-refractivity contribution in [3.05, 3.63) is 65.7 Å². The molecular formula is C19H17N3OS. The Morgan fingerprint density at radius 2 is 2.00 bits per heavy atom. The summed E-state index contributed by atoms with van der Waals surface area (Å²) < 4.78 is 7.63. The van der Waals surface area contributed by atoms with Crippen molar-refractivity contribution in [2.45, 2.75) is 6.54 Å². The maximum atomic E-state index is 5.82. The van der Waals surface area contributed by atoms with Gasteiger partial charge in [0.25, 0.3) is 0 Å². The van der Waals surface area contributed by atoms with Gasteiger partial charge < -0.3 is 15.0 Å². The number of ether oxygens (including phenoxy) is 1. The summed E-state index contributed by atoms with van der Waals surface area (Å²) in [7, 11) is 1.69. The van der Waals surface area contributed by atoms with Crippen LogP contribution in [0.1, 0.15) is 5.56 Å². The zero-order valence-corrected chi connectivity index (χ0v) is 14.1. The minimum absolute atomic E-state index is 0.586. The Balaban J connectivity index is 1.88. The van der Waals surface area contributed by atoms with E-state index < -0.39 is 0 Å². The molecule has 0 saturated carbocycles. The number of aromatic nitrogens is 2. The molecule has 4 aromatic rings.